The van der Waals surface area contributed by atoms with E-state index in [4.69, 9.17) is 0 Å². The van der Waals surface area contributed by atoms with Crippen molar-refractivity contribution in [3.8, 4) is 0 Å². The van der Waals surface area contributed by atoms with E-state index in [2.05, 4.69) is 24.4 Å². The lowest BCUT2D eigenvalue weighted by Gasteiger charge is -2.36. The van der Waals surface area contributed by atoms with Crippen LogP contribution in [0.2, 0.25) is 0 Å². The lowest BCUT2D eigenvalue weighted by molar-refractivity contribution is 0.250. The van der Waals surface area contributed by atoms with Gasteiger partial charge < -0.3 is 5.32 Å². The fraction of sp³-hybridized carbons (Fsp3) is 0.800. The number of piperidine rings is 1. The molecule has 1 nitrogen and oxygen atoms in total. The molecule has 1 saturated heterocycles. The molecule has 0 saturated carbocycles. The molecule has 0 aromatic heterocycles. The first kappa shape index (κ1) is 7.35. The third-order valence-electron chi connectivity index (χ3n) is 2.95. The molecule has 2 aliphatic rings. The van der Waals surface area contributed by atoms with Gasteiger partial charge in [0.25, 0.3) is 0 Å². The van der Waals surface area contributed by atoms with Crippen molar-refractivity contribution in [2.75, 3.05) is 6.54 Å². The average Bonchev–Trinajstić information content (AvgIpc) is 2.04. The van der Waals surface area contributed by atoms with E-state index in [9.17, 15) is 0 Å². The van der Waals surface area contributed by atoms with Crippen LogP contribution in [-0.4, -0.2) is 12.6 Å². The summed E-state index contributed by atoms with van der Waals surface area (Å²) in [5, 5.41) is 3.62. The zero-order valence-corrected chi connectivity index (χ0v) is 7.22. The molecule has 0 aromatic rings. The molecular formula is C10H17N. The summed E-state index contributed by atoms with van der Waals surface area (Å²) in [7, 11) is 0. The smallest absolute Gasteiger partial charge is 0.0133 e. The average molecular weight is 151 g/mol. The number of nitrogens with one attached hydrogen (secondary N) is 1. The highest BCUT2D eigenvalue weighted by atomic mass is 14.9. The predicted octanol–water partition coefficient (Wildman–Crippen LogP) is 1.95. The summed E-state index contributed by atoms with van der Waals surface area (Å²) >= 11 is 0. The third-order valence-corrected chi connectivity index (χ3v) is 2.95. The number of hydrogen-bond donors (Lipinski definition) is 1. The minimum absolute atomic E-state index is 0.802. The maximum Gasteiger partial charge on any atom is 0.0133 e. The quantitative estimate of drug-likeness (QED) is 0.522. The van der Waals surface area contributed by atoms with Crippen molar-refractivity contribution in [3.63, 3.8) is 0 Å². The van der Waals surface area contributed by atoms with Crippen LogP contribution in [-0.2, 0) is 0 Å². The first-order chi connectivity index (χ1) is 5.36. The Balaban J connectivity index is 2.03. The Kier molecular flexibility index (Phi) is 1.99. The molecule has 0 amide bonds. The second kappa shape index (κ2) is 2.98. The van der Waals surface area contributed by atoms with E-state index >= 15 is 0 Å². The van der Waals surface area contributed by atoms with Crippen LogP contribution >= 0.6 is 0 Å². The van der Waals surface area contributed by atoms with Crippen LogP contribution in [0.25, 0.3) is 0 Å². The molecule has 1 heteroatoms. The molecule has 1 heterocycles. The van der Waals surface area contributed by atoms with Crippen molar-refractivity contribution >= 4 is 0 Å². The van der Waals surface area contributed by atoms with E-state index < -0.39 is 0 Å². The lowest BCUT2D eigenvalue weighted by Crippen LogP contribution is -2.44. The molecule has 1 fully saturated rings. The van der Waals surface area contributed by atoms with Gasteiger partial charge in [0, 0.05) is 6.04 Å². The van der Waals surface area contributed by atoms with Crippen molar-refractivity contribution in [1.29, 1.82) is 0 Å². The van der Waals surface area contributed by atoms with Crippen LogP contribution in [0.1, 0.15) is 26.2 Å². The molecule has 0 radical (unpaired) electrons. The fourth-order valence-electron chi connectivity index (χ4n) is 2.29. The van der Waals surface area contributed by atoms with Crippen molar-refractivity contribution in [1.82, 2.24) is 5.32 Å². The maximum atomic E-state index is 3.62. The molecule has 0 spiro atoms. The Morgan fingerprint density at radius 3 is 3.27 bits per heavy atom. The van der Waals surface area contributed by atoms with E-state index in [1.165, 1.54) is 25.8 Å². The van der Waals surface area contributed by atoms with Gasteiger partial charge in [-0.1, -0.05) is 19.1 Å². The molecular weight excluding hydrogens is 134 g/mol. The lowest BCUT2D eigenvalue weighted by atomic mass is 9.80. The van der Waals surface area contributed by atoms with Crippen molar-refractivity contribution in [2.45, 2.75) is 32.2 Å². The van der Waals surface area contributed by atoms with Gasteiger partial charge in [-0.05, 0) is 37.6 Å². The zero-order chi connectivity index (χ0) is 7.68. The Bertz CT molecular complexity index is 162. The number of fused-ring (bicyclic) bond motifs is 1. The second-order valence-electron chi connectivity index (χ2n) is 4.02. The highest BCUT2D eigenvalue weighted by molar-refractivity contribution is 5.02. The van der Waals surface area contributed by atoms with Gasteiger partial charge in [-0.15, -0.1) is 0 Å². The summed E-state index contributed by atoms with van der Waals surface area (Å²) in [6.07, 6.45) is 8.79. The van der Waals surface area contributed by atoms with E-state index in [1.807, 2.05) is 0 Å². The van der Waals surface area contributed by atoms with E-state index in [1.54, 1.807) is 0 Å². The summed E-state index contributed by atoms with van der Waals surface area (Å²) in [4.78, 5) is 0. The summed E-state index contributed by atoms with van der Waals surface area (Å²) in [6, 6.07) is 0.802. The molecule has 1 aliphatic carbocycles. The first-order valence-electron chi connectivity index (χ1n) is 4.76. The first-order valence-corrected chi connectivity index (χ1v) is 4.76. The van der Waals surface area contributed by atoms with Crippen LogP contribution in [0, 0.1) is 11.8 Å². The molecule has 3 unspecified atom stereocenters. The monoisotopic (exact) mass is 151 g/mol. The fourth-order valence-corrected chi connectivity index (χ4v) is 2.29. The molecule has 11 heavy (non-hydrogen) atoms. The van der Waals surface area contributed by atoms with Crippen LogP contribution in [0.3, 0.4) is 0 Å². The highest BCUT2D eigenvalue weighted by Crippen LogP contribution is 2.27. The topological polar surface area (TPSA) is 12.0 Å². The number of hydrogen-bond acceptors (Lipinski definition) is 1. The minimum Gasteiger partial charge on any atom is -0.313 e. The van der Waals surface area contributed by atoms with Crippen molar-refractivity contribution < 1.29 is 0 Å². The van der Waals surface area contributed by atoms with Gasteiger partial charge in [-0.3, -0.25) is 0 Å². The predicted molar refractivity (Wildman–Crippen MR) is 47.4 cm³/mol. The Labute approximate surface area is 68.9 Å². The number of allylic oxidation sites excluding steroid dienone is 1. The van der Waals surface area contributed by atoms with Gasteiger partial charge in [0.2, 0.25) is 0 Å². The van der Waals surface area contributed by atoms with Crippen molar-refractivity contribution in [2.24, 2.45) is 11.8 Å². The normalized spacial score (nSPS) is 43.5. The summed E-state index contributed by atoms with van der Waals surface area (Å²) < 4.78 is 0. The summed E-state index contributed by atoms with van der Waals surface area (Å²) in [5.41, 5.74) is 0. The van der Waals surface area contributed by atoms with Gasteiger partial charge in [0.1, 0.15) is 0 Å². The molecule has 1 N–H and O–H groups in total. The molecule has 3 atom stereocenters. The zero-order valence-electron chi connectivity index (χ0n) is 7.22. The Morgan fingerprint density at radius 1 is 1.45 bits per heavy atom. The largest absolute Gasteiger partial charge is 0.313 e. The van der Waals surface area contributed by atoms with E-state index in [-0.39, 0.29) is 0 Å². The maximum absolute atomic E-state index is 3.62. The third kappa shape index (κ3) is 1.48. The van der Waals surface area contributed by atoms with E-state index in [0.717, 1.165) is 17.9 Å². The Morgan fingerprint density at radius 2 is 2.36 bits per heavy atom. The molecule has 0 aromatic carbocycles. The number of rotatable bonds is 0. The van der Waals surface area contributed by atoms with Crippen LogP contribution in [0.4, 0.5) is 0 Å². The minimum atomic E-state index is 0.802. The van der Waals surface area contributed by atoms with Crippen LogP contribution in [0.5, 0.6) is 0 Å². The van der Waals surface area contributed by atoms with Gasteiger partial charge in [0.05, 0.1) is 0 Å². The summed E-state index contributed by atoms with van der Waals surface area (Å²) in [5.74, 6) is 1.71. The van der Waals surface area contributed by atoms with Gasteiger partial charge in [-0.2, -0.15) is 0 Å². The SMILES string of the molecule is CC1CNC2CCC=CC2C1. The summed E-state index contributed by atoms with van der Waals surface area (Å²) in [6.45, 7) is 3.57. The van der Waals surface area contributed by atoms with Crippen molar-refractivity contribution in [3.05, 3.63) is 12.2 Å². The molecule has 2 rings (SSSR count). The molecule has 0 bridgehead atoms. The van der Waals surface area contributed by atoms with Crippen LogP contribution in [0.15, 0.2) is 12.2 Å². The molecule has 62 valence electrons. The highest BCUT2D eigenvalue weighted by Gasteiger charge is 2.27. The molecule has 1 aliphatic heterocycles. The van der Waals surface area contributed by atoms with Crippen LogP contribution < -0.4 is 5.32 Å². The van der Waals surface area contributed by atoms with E-state index in [0.29, 0.717) is 0 Å². The standard InChI is InChI=1S/C10H17N/c1-8-6-9-4-2-3-5-10(9)11-7-8/h2,4,8-11H,3,5-7H2,1H3. The van der Waals surface area contributed by atoms with Gasteiger partial charge in [0.15, 0.2) is 0 Å². The second-order valence-corrected chi connectivity index (χ2v) is 4.02. The van der Waals surface area contributed by atoms with Gasteiger partial charge >= 0.3 is 0 Å². The van der Waals surface area contributed by atoms with Gasteiger partial charge in [-0.25, -0.2) is 0 Å². The Hall–Kier alpha value is -0.300.